The van der Waals surface area contributed by atoms with Gasteiger partial charge in [0, 0.05) is 33.5 Å². The number of hydrogen-bond acceptors (Lipinski definition) is 3. The Morgan fingerprint density at radius 1 is 1.17 bits per heavy atom. The molecule has 2 heterocycles. The number of hydrogen-bond donors (Lipinski definition) is 1. The maximum atomic E-state index is 6.41. The van der Waals surface area contributed by atoms with Gasteiger partial charge in [0.25, 0.3) is 0 Å². The molecule has 1 N–H and O–H groups in total. The zero-order valence-corrected chi connectivity index (χ0v) is 14.9. The molecular weight excluding hydrogens is 361 g/mol. The van der Waals surface area contributed by atoms with Gasteiger partial charge in [-0.25, -0.2) is 9.97 Å². The van der Waals surface area contributed by atoms with Crippen LogP contribution >= 0.6 is 35.4 Å². The highest BCUT2D eigenvalue weighted by Crippen LogP contribution is 2.33. The molecular formula is C18H13Cl2N3S. The van der Waals surface area contributed by atoms with Gasteiger partial charge in [-0.3, -0.25) is 0 Å². The molecule has 0 radical (unpaired) electrons. The molecule has 0 atom stereocenters. The minimum atomic E-state index is 0.421. The molecule has 120 valence electrons. The zero-order chi connectivity index (χ0) is 16.7. The minimum absolute atomic E-state index is 0.421. The normalized spacial score (nSPS) is 13.9. The average molecular weight is 374 g/mol. The molecule has 1 aliphatic carbocycles. The van der Waals surface area contributed by atoms with Crippen LogP contribution in [0.15, 0.2) is 42.6 Å². The monoisotopic (exact) mass is 373 g/mol. The van der Waals surface area contributed by atoms with Gasteiger partial charge in [-0.05, 0) is 31.0 Å². The Labute approximate surface area is 155 Å². The highest BCUT2D eigenvalue weighted by Gasteiger charge is 2.26. The van der Waals surface area contributed by atoms with E-state index in [0.717, 1.165) is 39.9 Å². The molecule has 1 aliphatic rings. The van der Waals surface area contributed by atoms with Crippen LogP contribution in [0.3, 0.4) is 0 Å². The summed E-state index contributed by atoms with van der Waals surface area (Å²) in [5.74, 6) is 1.20. The minimum Gasteiger partial charge on any atom is -0.334 e. The molecule has 6 heteroatoms. The van der Waals surface area contributed by atoms with Crippen LogP contribution in [0.5, 0.6) is 0 Å². The third-order valence-corrected chi connectivity index (χ3v) is 5.07. The Hall–Kier alpha value is -1.75. The SMILES string of the molecule is S=C(Nc1cc2c(Cl)nc(-c3ccccc3Cl)cc2cn1)C1CC1. The quantitative estimate of drug-likeness (QED) is 0.468. The summed E-state index contributed by atoms with van der Waals surface area (Å²) in [5, 5.41) is 6.00. The number of halogens is 2. The Morgan fingerprint density at radius 3 is 2.71 bits per heavy atom. The van der Waals surface area contributed by atoms with Crippen LogP contribution in [-0.2, 0) is 0 Å². The van der Waals surface area contributed by atoms with Gasteiger partial charge in [0.05, 0.1) is 10.7 Å². The first-order valence-corrected chi connectivity index (χ1v) is 8.80. The fraction of sp³-hybridized carbons (Fsp3) is 0.167. The van der Waals surface area contributed by atoms with E-state index in [1.165, 1.54) is 0 Å². The van der Waals surface area contributed by atoms with Crippen molar-refractivity contribution in [3.05, 3.63) is 52.8 Å². The topological polar surface area (TPSA) is 37.8 Å². The van der Waals surface area contributed by atoms with Crippen molar-refractivity contribution in [3.63, 3.8) is 0 Å². The van der Waals surface area contributed by atoms with E-state index in [1.807, 2.05) is 36.4 Å². The van der Waals surface area contributed by atoms with Crippen LogP contribution < -0.4 is 5.32 Å². The number of anilines is 1. The summed E-state index contributed by atoms with van der Waals surface area (Å²) in [7, 11) is 0. The smallest absolute Gasteiger partial charge is 0.137 e. The summed E-state index contributed by atoms with van der Waals surface area (Å²) in [6.07, 6.45) is 4.09. The summed E-state index contributed by atoms with van der Waals surface area (Å²) in [6, 6.07) is 11.4. The maximum Gasteiger partial charge on any atom is 0.137 e. The number of nitrogens with one attached hydrogen (secondary N) is 1. The third-order valence-electron chi connectivity index (χ3n) is 4.02. The van der Waals surface area contributed by atoms with Gasteiger partial charge < -0.3 is 5.32 Å². The lowest BCUT2D eigenvalue weighted by atomic mass is 10.1. The van der Waals surface area contributed by atoms with Gasteiger partial charge in [0.2, 0.25) is 0 Å². The highest BCUT2D eigenvalue weighted by molar-refractivity contribution is 7.80. The van der Waals surface area contributed by atoms with Crippen LogP contribution in [-0.4, -0.2) is 15.0 Å². The van der Waals surface area contributed by atoms with Crippen LogP contribution in [0.2, 0.25) is 10.2 Å². The standard InChI is InChI=1S/C18H13Cl2N3S/c19-14-4-2-1-3-12(14)15-7-11-9-21-16(8-13(11)17(20)22-15)23-18(24)10-5-6-10/h1-4,7-10H,5-6H2,(H,21,23,24). The third kappa shape index (κ3) is 3.09. The summed E-state index contributed by atoms with van der Waals surface area (Å²) in [6.45, 7) is 0. The number of thiocarbonyl (C=S) groups is 1. The molecule has 3 aromatic rings. The fourth-order valence-corrected chi connectivity index (χ4v) is 3.38. The number of rotatable bonds is 3. The maximum absolute atomic E-state index is 6.41. The first-order chi connectivity index (χ1) is 11.6. The molecule has 0 spiro atoms. The second-order valence-corrected chi connectivity index (χ2v) is 7.04. The van der Waals surface area contributed by atoms with E-state index in [2.05, 4.69) is 15.3 Å². The second-order valence-electron chi connectivity index (χ2n) is 5.83. The molecule has 0 bridgehead atoms. The number of pyridine rings is 2. The fourth-order valence-electron chi connectivity index (χ4n) is 2.55. The molecule has 3 nitrogen and oxygen atoms in total. The zero-order valence-electron chi connectivity index (χ0n) is 12.6. The second kappa shape index (κ2) is 6.28. The molecule has 0 aliphatic heterocycles. The molecule has 1 fully saturated rings. The molecule has 4 rings (SSSR count). The van der Waals surface area contributed by atoms with Crippen LogP contribution in [0.25, 0.3) is 22.0 Å². The Balaban J connectivity index is 1.74. The number of fused-ring (bicyclic) bond motifs is 1. The first-order valence-electron chi connectivity index (χ1n) is 7.64. The summed E-state index contributed by atoms with van der Waals surface area (Å²) in [4.78, 5) is 9.78. The van der Waals surface area contributed by atoms with Crippen molar-refractivity contribution in [2.24, 2.45) is 5.92 Å². The summed E-state index contributed by atoms with van der Waals surface area (Å²) in [5.41, 5.74) is 1.58. The van der Waals surface area contributed by atoms with Gasteiger partial charge in [0.15, 0.2) is 0 Å². The van der Waals surface area contributed by atoms with Gasteiger partial charge in [-0.15, -0.1) is 0 Å². The molecule has 0 unspecified atom stereocenters. The van der Waals surface area contributed by atoms with Crippen molar-refractivity contribution in [1.29, 1.82) is 0 Å². The van der Waals surface area contributed by atoms with E-state index in [4.69, 9.17) is 35.4 Å². The van der Waals surface area contributed by atoms with Gasteiger partial charge >= 0.3 is 0 Å². The number of benzene rings is 1. The Morgan fingerprint density at radius 2 is 1.96 bits per heavy atom. The van der Waals surface area contributed by atoms with Crippen LogP contribution in [0.1, 0.15) is 12.8 Å². The molecule has 1 aromatic carbocycles. The lowest BCUT2D eigenvalue weighted by molar-refractivity contribution is 1.21. The van der Waals surface area contributed by atoms with E-state index < -0.39 is 0 Å². The molecule has 1 saturated carbocycles. The Bertz CT molecular complexity index is 954. The summed E-state index contributed by atoms with van der Waals surface area (Å²) >= 11 is 18.0. The molecule has 2 aromatic heterocycles. The van der Waals surface area contributed by atoms with Crippen molar-refractivity contribution < 1.29 is 0 Å². The number of nitrogens with zero attached hydrogens (tertiary/aromatic N) is 2. The van der Waals surface area contributed by atoms with Gasteiger partial charge in [-0.1, -0.05) is 53.6 Å². The predicted octanol–water partition coefficient (Wildman–Crippen LogP) is 5.75. The van der Waals surface area contributed by atoms with Gasteiger partial charge in [-0.2, -0.15) is 0 Å². The number of aromatic nitrogens is 2. The average Bonchev–Trinajstić information content (AvgIpc) is 3.41. The van der Waals surface area contributed by atoms with Crippen LogP contribution in [0, 0.1) is 5.92 Å². The van der Waals surface area contributed by atoms with E-state index in [1.54, 1.807) is 6.20 Å². The molecule has 0 amide bonds. The van der Waals surface area contributed by atoms with Crippen LogP contribution in [0.4, 0.5) is 5.82 Å². The summed E-state index contributed by atoms with van der Waals surface area (Å²) < 4.78 is 0. The van der Waals surface area contributed by atoms with Crippen molar-refractivity contribution in [1.82, 2.24) is 9.97 Å². The predicted molar refractivity (Wildman–Crippen MR) is 104 cm³/mol. The lowest BCUT2D eigenvalue weighted by Crippen LogP contribution is -2.11. The molecule has 0 saturated heterocycles. The van der Waals surface area contributed by atoms with Gasteiger partial charge in [0.1, 0.15) is 11.0 Å². The van der Waals surface area contributed by atoms with E-state index in [-0.39, 0.29) is 0 Å². The molecule has 24 heavy (non-hydrogen) atoms. The van der Waals surface area contributed by atoms with Crippen molar-refractivity contribution in [2.75, 3.05) is 5.32 Å². The van der Waals surface area contributed by atoms with Crippen molar-refractivity contribution in [2.45, 2.75) is 12.8 Å². The van der Waals surface area contributed by atoms with Crippen molar-refractivity contribution in [3.8, 4) is 11.3 Å². The highest BCUT2D eigenvalue weighted by atomic mass is 35.5. The first kappa shape index (κ1) is 15.8. The lowest BCUT2D eigenvalue weighted by Gasteiger charge is -2.10. The largest absolute Gasteiger partial charge is 0.334 e. The van der Waals surface area contributed by atoms with Crippen molar-refractivity contribution >= 4 is 57.0 Å². The van der Waals surface area contributed by atoms with E-state index >= 15 is 0 Å². The Kier molecular flexibility index (Phi) is 4.12. The van der Waals surface area contributed by atoms with E-state index in [9.17, 15) is 0 Å². The van der Waals surface area contributed by atoms with E-state index in [0.29, 0.717) is 21.9 Å².